The molecule has 0 aliphatic rings. The number of benzene rings is 1. The highest BCUT2D eigenvalue weighted by Gasteiger charge is 2.21. The van der Waals surface area contributed by atoms with Crippen LogP contribution in [0, 0.1) is 0 Å². The van der Waals surface area contributed by atoms with Crippen molar-refractivity contribution in [3.8, 4) is 0 Å². The molecule has 0 atom stereocenters. The molecule has 0 saturated heterocycles. The van der Waals surface area contributed by atoms with Crippen molar-refractivity contribution in [2.75, 3.05) is 6.26 Å². The molecule has 0 bridgehead atoms. The van der Waals surface area contributed by atoms with Crippen molar-refractivity contribution in [3.63, 3.8) is 0 Å². The first-order valence-electron chi connectivity index (χ1n) is 6.30. The molecule has 1 aromatic carbocycles. The standard InChI is InChI=1S/C14H15BrO4S/c1-3-4-5-10-13(16)11-8-9(15)6-7-12(11)19-14(10)20(2,17)18/h6-8H,3-5H2,1-2H3. The topological polar surface area (TPSA) is 64.3 Å². The number of halogens is 1. The summed E-state index contributed by atoms with van der Waals surface area (Å²) in [4.78, 5) is 12.5. The van der Waals surface area contributed by atoms with E-state index >= 15 is 0 Å². The van der Waals surface area contributed by atoms with Crippen LogP contribution >= 0.6 is 15.9 Å². The van der Waals surface area contributed by atoms with Gasteiger partial charge in [0.05, 0.1) is 10.9 Å². The van der Waals surface area contributed by atoms with E-state index in [1.165, 1.54) is 0 Å². The Labute approximate surface area is 125 Å². The van der Waals surface area contributed by atoms with Gasteiger partial charge in [0, 0.05) is 10.7 Å². The lowest BCUT2D eigenvalue weighted by Gasteiger charge is -2.08. The van der Waals surface area contributed by atoms with Crippen LogP contribution in [0.2, 0.25) is 0 Å². The van der Waals surface area contributed by atoms with Gasteiger partial charge < -0.3 is 4.42 Å². The van der Waals surface area contributed by atoms with E-state index in [4.69, 9.17) is 4.42 Å². The van der Waals surface area contributed by atoms with Crippen LogP contribution in [0.5, 0.6) is 0 Å². The normalized spacial score (nSPS) is 11.9. The van der Waals surface area contributed by atoms with Gasteiger partial charge in [0.1, 0.15) is 5.58 Å². The smallest absolute Gasteiger partial charge is 0.225 e. The van der Waals surface area contributed by atoms with E-state index in [9.17, 15) is 13.2 Å². The first-order chi connectivity index (χ1) is 9.34. The molecule has 0 radical (unpaired) electrons. The summed E-state index contributed by atoms with van der Waals surface area (Å²) in [5.74, 6) is 0. The Balaban J connectivity index is 2.83. The molecule has 0 spiro atoms. The second-order valence-electron chi connectivity index (χ2n) is 4.71. The molecule has 0 fully saturated rings. The van der Waals surface area contributed by atoms with Gasteiger partial charge in [0.15, 0.2) is 5.43 Å². The fourth-order valence-corrected chi connectivity index (χ4v) is 3.30. The van der Waals surface area contributed by atoms with Crippen molar-refractivity contribution in [3.05, 3.63) is 38.5 Å². The molecule has 0 amide bonds. The summed E-state index contributed by atoms with van der Waals surface area (Å²) in [5, 5.41) is 0.198. The Bertz CT molecular complexity index is 806. The maximum absolute atomic E-state index is 12.5. The molecule has 6 heteroatoms. The molecule has 108 valence electrons. The number of unbranched alkanes of at least 4 members (excludes halogenated alkanes) is 1. The van der Waals surface area contributed by atoms with Gasteiger partial charge in [-0.05, 0) is 31.0 Å². The lowest BCUT2D eigenvalue weighted by atomic mass is 10.1. The van der Waals surface area contributed by atoms with Gasteiger partial charge in [-0.15, -0.1) is 0 Å². The van der Waals surface area contributed by atoms with Crippen molar-refractivity contribution in [2.24, 2.45) is 0 Å². The zero-order chi connectivity index (χ0) is 14.9. The van der Waals surface area contributed by atoms with Crippen LogP contribution in [0.25, 0.3) is 11.0 Å². The molecule has 0 saturated carbocycles. The molecule has 2 rings (SSSR count). The lowest BCUT2D eigenvalue weighted by molar-refractivity contribution is 0.458. The zero-order valence-corrected chi connectivity index (χ0v) is 13.7. The highest BCUT2D eigenvalue weighted by molar-refractivity contribution is 9.10. The van der Waals surface area contributed by atoms with E-state index in [1.807, 2.05) is 6.92 Å². The Hall–Kier alpha value is -1.14. The summed E-state index contributed by atoms with van der Waals surface area (Å²) in [7, 11) is -3.57. The van der Waals surface area contributed by atoms with Crippen LogP contribution in [-0.4, -0.2) is 14.7 Å². The number of rotatable bonds is 4. The van der Waals surface area contributed by atoms with E-state index in [1.54, 1.807) is 18.2 Å². The summed E-state index contributed by atoms with van der Waals surface area (Å²) < 4.78 is 29.9. The molecule has 0 unspecified atom stereocenters. The predicted octanol–water partition coefficient (Wildman–Crippen LogP) is 3.30. The third-order valence-electron chi connectivity index (χ3n) is 3.03. The van der Waals surface area contributed by atoms with Crippen molar-refractivity contribution < 1.29 is 12.8 Å². The van der Waals surface area contributed by atoms with Gasteiger partial charge in [0.25, 0.3) is 0 Å². The van der Waals surface area contributed by atoms with Crippen LogP contribution < -0.4 is 5.43 Å². The van der Waals surface area contributed by atoms with Crippen LogP contribution in [0.15, 0.2) is 37.0 Å². The van der Waals surface area contributed by atoms with Gasteiger partial charge in [-0.2, -0.15) is 0 Å². The monoisotopic (exact) mass is 358 g/mol. The average molecular weight is 359 g/mol. The van der Waals surface area contributed by atoms with E-state index in [0.29, 0.717) is 17.4 Å². The minimum atomic E-state index is -3.57. The second kappa shape index (κ2) is 5.69. The Kier molecular flexibility index (Phi) is 4.34. The molecular weight excluding hydrogens is 344 g/mol. The van der Waals surface area contributed by atoms with Gasteiger partial charge in [-0.25, -0.2) is 8.42 Å². The Morgan fingerprint density at radius 3 is 2.60 bits per heavy atom. The quantitative estimate of drug-likeness (QED) is 0.840. The maximum Gasteiger partial charge on any atom is 0.225 e. The summed E-state index contributed by atoms with van der Waals surface area (Å²) >= 11 is 3.30. The highest BCUT2D eigenvalue weighted by atomic mass is 79.9. The zero-order valence-electron chi connectivity index (χ0n) is 11.3. The SMILES string of the molecule is CCCCc1c(S(C)(=O)=O)oc2ccc(Br)cc2c1=O. The number of hydrogen-bond donors (Lipinski definition) is 0. The Morgan fingerprint density at radius 1 is 1.30 bits per heavy atom. The first-order valence-corrected chi connectivity index (χ1v) is 8.98. The molecule has 1 aromatic heterocycles. The van der Waals surface area contributed by atoms with Crippen molar-refractivity contribution in [2.45, 2.75) is 31.3 Å². The van der Waals surface area contributed by atoms with Crippen LogP contribution in [0.3, 0.4) is 0 Å². The molecule has 0 aliphatic heterocycles. The lowest BCUT2D eigenvalue weighted by Crippen LogP contribution is -2.15. The minimum absolute atomic E-state index is 0.203. The van der Waals surface area contributed by atoms with Gasteiger partial charge in [0.2, 0.25) is 14.9 Å². The van der Waals surface area contributed by atoms with E-state index in [-0.39, 0.29) is 16.1 Å². The second-order valence-corrected chi connectivity index (χ2v) is 7.54. The van der Waals surface area contributed by atoms with Crippen molar-refractivity contribution in [1.29, 1.82) is 0 Å². The molecule has 0 aliphatic carbocycles. The maximum atomic E-state index is 12.5. The molecule has 1 heterocycles. The molecule has 20 heavy (non-hydrogen) atoms. The van der Waals surface area contributed by atoms with Crippen LogP contribution in [-0.2, 0) is 16.3 Å². The number of fused-ring (bicyclic) bond motifs is 1. The summed E-state index contributed by atoms with van der Waals surface area (Å²) in [6.07, 6.45) is 3.08. The van der Waals surface area contributed by atoms with Crippen LogP contribution in [0.4, 0.5) is 0 Å². The fraction of sp³-hybridized carbons (Fsp3) is 0.357. The van der Waals surface area contributed by atoms with E-state index in [2.05, 4.69) is 15.9 Å². The average Bonchev–Trinajstić information content (AvgIpc) is 2.37. The summed E-state index contributed by atoms with van der Waals surface area (Å²) in [5.41, 5.74) is 0.278. The number of sulfone groups is 1. The third kappa shape index (κ3) is 2.96. The molecule has 0 N–H and O–H groups in total. The highest BCUT2D eigenvalue weighted by Crippen LogP contribution is 2.23. The van der Waals surface area contributed by atoms with Gasteiger partial charge >= 0.3 is 0 Å². The third-order valence-corrected chi connectivity index (χ3v) is 4.52. The summed E-state index contributed by atoms with van der Waals surface area (Å²) in [6, 6.07) is 4.96. The van der Waals surface area contributed by atoms with E-state index < -0.39 is 9.84 Å². The van der Waals surface area contributed by atoms with Gasteiger partial charge in [-0.1, -0.05) is 29.3 Å². The largest absolute Gasteiger partial charge is 0.444 e. The predicted molar refractivity (Wildman–Crippen MR) is 81.9 cm³/mol. The number of hydrogen-bond acceptors (Lipinski definition) is 4. The van der Waals surface area contributed by atoms with E-state index in [0.717, 1.165) is 23.6 Å². The van der Waals surface area contributed by atoms with Crippen LogP contribution in [0.1, 0.15) is 25.3 Å². The minimum Gasteiger partial charge on any atom is -0.444 e. The molecular formula is C14H15BrO4S. The molecule has 2 aromatic rings. The Morgan fingerprint density at radius 2 is 2.00 bits per heavy atom. The summed E-state index contributed by atoms with van der Waals surface area (Å²) in [6.45, 7) is 1.99. The molecule has 4 nitrogen and oxygen atoms in total. The fourth-order valence-electron chi connectivity index (χ4n) is 2.05. The van der Waals surface area contributed by atoms with Crippen molar-refractivity contribution in [1.82, 2.24) is 0 Å². The van der Waals surface area contributed by atoms with Gasteiger partial charge in [-0.3, -0.25) is 4.79 Å². The van der Waals surface area contributed by atoms with Crippen molar-refractivity contribution >= 4 is 36.7 Å². The first kappa shape index (κ1) is 15.3.